The molecule has 102 valence electrons. The third-order valence-corrected chi connectivity index (χ3v) is 2.38. The second-order valence-electron chi connectivity index (χ2n) is 3.48. The summed E-state index contributed by atoms with van der Waals surface area (Å²) >= 11 is 3.15. The van der Waals surface area contributed by atoms with Gasteiger partial charge < -0.3 is 20.8 Å². The Labute approximate surface area is 116 Å². The molecule has 4 N–H and O–H groups in total. The molecule has 1 aromatic rings. The first-order valence-corrected chi connectivity index (χ1v) is 5.80. The summed E-state index contributed by atoms with van der Waals surface area (Å²) in [7, 11) is 0. The van der Waals surface area contributed by atoms with Gasteiger partial charge in [-0.3, -0.25) is 9.78 Å². The van der Waals surface area contributed by atoms with Crippen molar-refractivity contribution < 1.29 is 24.6 Å². The highest BCUT2D eigenvalue weighted by atomic mass is 79.9. The average Bonchev–Trinajstić information content (AvgIpc) is 2.27. The Kier molecular flexibility index (Phi) is 5.24. The van der Waals surface area contributed by atoms with Crippen LogP contribution in [0.25, 0.3) is 0 Å². The number of carboxylic acids is 2. The van der Waals surface area contributed by atoms with Crippen LogP contribution in [-0.2, 0) is 9.59 Å². The van der Waals surface area contributed by atoms with Gasteiger partial charge in [0, 0.05) is 10.7 Å². The molecule has 1 rings (SSSR count). The minimum atomic E-state index is -1.50. The van der Waals surface area contributed by atoms with Crippen LogP contribution in [0.5, 0.6) is 0 Å². The third kappa shape index (κ3) is 5.34. The summed E-state index contributed by atoms with van der Waals surface area (Å²) in [5.74, 6) is -2.75. The van der Waals surface area contributed by atoms with E-state index in [0.29, 0.717) is 10.2 Å². The van der Waals surface area contributed by atoms with Crippen LogP contribution in [0.4, 0.5) is 10.5 Å². The number of amides is 2. The number of nitrogens with zero attached hydrogens (tertiary/aromatic N) is 1. The Morgan fingerprint density at radius 1 is 1.32 bits per heavy atom. The summed E-state index contributed by atoms with van der Waals surface area (Å²) in [6.07, 6.45) is 2.16. The predicted molar refractivity (Wildman–Crippen MR) is 67.8 cm³/mol. The number of urea groups is 1. The van der Waals surface area contributed by atoms with E-state index in [0.717, 1.165) is 0 Å². The summed E-state index contributed by atoms with van der Waals surface area (Å²) in [5.41, 5.74) is 0.339. The van der Waals surface area contributed by atoms with E-state index >= 15 is 0 Å². The van der Waals surface area contributed by atoms with Crippen molar-refractivity contribution in [2.75, 3.05) is 5.32 Å². The molecule has 0 aromatic carbocycles. The smallest absolute Gasteiger partial charge is 0.326 e. The lowest BCUT2D eigenvalue weighted by Crippen LogP contribution is -2.44. The van der Waals surface area contributed by atoms with Crippen LogP contribution in [-0.4, -0.2) is 39.2 Å². The number of carboxylic acid groups (broad SMARTS) is 2. The highest BCUT2D eigenvalue weighted by molar-refractivity contribution is 9.10. The zero-order valence-corrected chi connectivity index (χ0v) is 11.0. The van der Waals surface area contributed by atoms with Crippen LogP contribution in [0.15, 0.2) is 22.9 Å². The van der Waals surface area contributed by atoms with Crippen molar-refractivity contribution in [3.8, 4) is 0 Å². The lowest BCUT2D eigenvalue weighted by Gasteiger charge is -2.13. The normalized spacial score (nSPS) is 11.4. The molecule has 1 atom stereocenters. The first-order chi connectivity index (χ1) is 8.88. The van der Waals surface area contributed by atoms with Crippen LogP contribution in [0.1, 0.15) is 6.42 Å². The topological polar surface area (TPSA) is 129 Å². The van der Waals surface area contributed by atoms with Gasteiger partial charge in [-0.05, 0) is 22.0 Å². The number of carbonyl (C=O) groups excluding carboxylic acids is 1. The molecule has 0 spiro atoms. The van der Waals surface area contributed by atoms with E-state index in [1.165, 1.54) is 12.4 Å². The number of hydrogen-bond donors (Lipinski definition) is 4. The van der Waals surface area contributed by atoms with Gasteiger partial charge in [-0.2, -0.15) is 0 Å². The number of anilines is 1. The number of hydrogen-bond acceptors (Lipinski definition) is 4. The van der Waals surface area contributed by atoms with Gasteiger partial charge in [-0.25, -0.2) is 9.59 Å². The molecule has 0 saturated carbocycles. The second-order valence-corrected chi connectivity index (χ2v) is 4.39. The summed E-state index contributed by atoms with van der Waals surface area (Å²) in [4.78, 5) is 36.5. The molecule has 0 aliphatic carbocycles. The van der Waals surface area contributed by atoms with Crippen molar-refractivity contribution in [2.45, 2.75) is 12.5 Å². The van der Waals surface area contributed by atoms with Gasteiger partial charge in [0.05, 0.1) is 18.3 Å². The van der Waals surface area contributed by atoms with Crippen molar-refractivity contribution in [3.63, 3.8) is 0 Å². The van der Waals surface area contributed by atoms with Gasteiger partial charge >= 0.3 is 18.0 Å². The van der Waals surface area contributed by atoms with Crippen molar-refractivity contribution in [2.24, 2.45) is 0 Å². The van der Waals surface area contributed by atoms with Gasteiger partial charge in [-0.1, -0.05) is 0 Å². The number of aromatic nitrogens is 1. The predicted octanol–water partition coefficient (Wildman–Crippen LogP) is 0.893. The molecule has 0 fully saturated rings. The molecule has 0 saturated heterocycles. The lowest BCUT2D eigenvalue weighted by atomic mass is 10.2. The van der Waals surface area contributed by atoms with Crippen LogP contribution >= 0.6 is 15.9 Å². The lowest BCUT2D eigenvalue weighted by molar-refractivity contribution is -0.145. The molecule has 19 heavy (non-hydrogen) atoms. The molecule has 0 bridgehead atoms. The molecule has 1 aromatic heterocycles. The Morgan fingerprint density at radius 2 is 2.00 bits per heavy atom. The van der Waals surface area contributed by atoms with E-state index in [1.54, 1.807) is 6.07 Å². The Morgan fingerprint density at radius 3 is 2.53 bits per heavy atom. The number of carbonyl (C=O) groups is 3. The highest BCUT2D eigenvalue weighted by Gasteiger charge is 2.22. The Hall–Kier alpha value is -2.16. The third-order valence-electron chi connectivity index (χ3n) is 1.94. The van der Waals surface area contributed by atoms with Gasteiger partial charge in [0.25, 0.3) is 0 Å². The van der Waals surface area contributed by atoms with Crippen LogP contribution in [0, 0.1) is 0 Å². The number of pyridine rings is 1. The van der Waals surface area contributed by atoms with E-state index in [-0.39, 0.29) is 0 Å². The van der Waals surface area contributed by atoms with Crippen molar-refractivity contribution in [1.82, 2.24) is 10.3 Å². The quantitative estimate of drug-likeness (QED) is 0.634. The number of rotatable bonds is 5. The minimum Gasteiger partial charge on any atom is -0.481 e. The van der Waals surface area contributed by atoms with E-state index in [2.05, 4.69) is 26.2 Å². The summed E-state index contributed by atoms with van der Waals surface area (Å²) < 4.78 is 0.630. The minimum absolute atomic E-state index is 0.339. The van der Waals surface area contributed by atoms with Gasteiger partial charge in [0.1, 0.15) is 6.04 Å². The fourth-order valence-corrected chi connectivity index (χ4v) is 1.55. The van der Waals surface area contributed by atoms with E-state index in [9.17, 15) is 14.4 Å². The first kappa shape index (κ1) is 14.9. The van der Waals surface area contributed by atoms with E-state index < -0.39 is 30.4 Å². The van der Waals surface area contributed by atoms with E-state index in [4.69, 9.17) is 10.2 Å². The molecule has 0 aliphatic heterocycles. The summed E-state index contributed by atoms with van der Waals surface area (Å²) in [5, 5.41) is 21.7. The monoisotopic (exact) mass is 331 g/mol. The SMILES string of the molecule is O=C(O)C[C@@H](NC(=O)Nc1cncc(Br)c1)C(=O)O. The van der Waals surface area contributed by atoms with Crippen molar-refractivity contribution in [3.05, 3.63) is 22.9 Å². The van der Waals surface area contributed by atoms with Gasteiger partial charge in [-0.15, -0.1) is 0 Å². The first-order valence-electron chi connectivity index (χ1n) is 5.01. The molecule has 8 nitrogen and oxygen atoms in total. The second kappa shape index (κ2) is 6.69. The maximum absolute atomic E-state index is 11.5. The van der Waals surface area contributed by atoms with Crippen LogP contribution in [0.2, 0.25) is 0 Å². The molecule has 2 amide bonds. The number of nitrogens with one attached hydrogen (secondary N) is 2. The molecule has 0 radical (unpaired) electrons. The molecular weight excluding hydrogens is 322 g/mol. The Bertz CT molecular complexity index is 508. The van der Waals surface area contributed by atoms with Gasteiger partial charge in [0.2, 0.25) is 0 Å². The zero-order chi connectivity index (χ0) is 14.4. The Balaban J connectivity index is 2.62. The standard InChI is InChI=1S/C10H10BrN3O5/c11-5-1-6(4-12-3-5)13-10(19)14-7(9(17)18)2-8(15)16/h1,3-4,7H,2H2,(H,15,16)(H,17,18)(H2,13,14,19)/t7-/m1/s1. The molecule has 0 unspecified atom stereocenters. The molecule has 1 heterocycles. The summed E-state index contributed by atoms with van der Waals surface area (Å²) in [6.45, 7) is 0. The summed E-state index contributed by atoms with van der Waals surface area (Å²) in [6, 6.07) is -0.773. The highest BCUT2D eigenvalue weighted by Crippen LogP contribution is 2.13. The van der Waals surface area contributed by atoms with Crippen LogP contribution < -0.4 is 10.6 Å². The maximum Gasteiger partial charge on any atom is 0.326 e. The zero-order valence-electron chi connectivity index (χ0n) is 9.46. The van der Waals surface area contributed by atoms with Gasteiger partial charge in [0.15, 0.2) is 0 Å². The fourth-order valence-electron chi connectivity index (χ4n) is 1.18. The molecule has 0 aliphatic rings. The van der Waals surface area contributed by atoms with Crippen molar-refractivity contribution in [1.29, 1.82) is 0 Å². The molecular formula is C10H10BrN3O5. The molecule has 9 heteroatoms. The maximum atomic E-state index is 11.5. The average molecular weight is 332 g/mol. The largest absolute Gasteiger partial charge is 0.481 e. The number of halogens is 1. The fraction of sp³-hybridized carbons (Fsp3) is 0.200. The number of aliphatic carboxylic acids is 2. The van der Waals surface area contributed by atoms with E-state index in [1.807, 2.05) is 5.32 Å². The van der Waals surface area contributed by atoms with Crippen LogP contribution in [0.3, 0.4) is 0 Å². The van der Waals surface area contributed by atoms with Crippen molar-refractivity contribution >= 4 is 39.6 Å².